The Hall–Kier alpha value is -2.57. The number of carbonyl (C=O) groups is 1. The van der Waals surface area contributed by atoms with Crippen molar-refractivity contribution in [3.63, 3.8) is 0 Å². The number of halogens is 2. The largest absolute Gasteiger partial charge is 0.465 e. The second kappa shape index (κ2) is 6.05. The van der Waals surface area contributed by atoms with E-state index in [4.69, 9.17) is 0 Å². The number of benzene rings is 1. The molecule has 0 aliphatic rings. The fourth-order valence-corrected chi connectivity index (χ4v) is 1.57. The maximum absolute atomic E-state index is 13.8. The Morgan fingerprint density at radius 1 is 1.30 bits per heavy atom. The predicted molar refractivity (Wildman–Crippen MR) is 67.1 cm³/mol. The molecule has 0 saturated carbocycles. The van der Waals surface area contributed by atoms with Crippen molar-refractivity contribution < 1.29 is 18.3 Å². The van der Waals surface area contributed by atoms with Gasteiger partial charge in [0.25, 0.3) is 0 Å². The summed E-state index contributed by atoms with van der Waals surface area (Å²) in [5.41, 5.74) is 0.0558. The molecule has 1 aromatic carbocycles. The first-order chi connectivity index (χ1) is 9.63. The number of hydrogen-bond donors (Lipinski definition) is 1. The van der Waals surface area contributed by atoms with Crippen LogP contribution in [0.25, 0.3) is 0 Å². The van der Waals surface area contributed by atoms with E-state index in [2.05, 4.69) is 20.3 Å². The number of methoxy groups -OCH3 is 1. The van der Waals surface area contributed by atoms with Crippen molar-refractivity contribution in [2.75, 3.05) is 12.4 Å². The van der Waals surface area contributed by atoms with E-state index in [9.17, 15) is 13.6 Å². The monoisotopic (exact) mass is 279 g/mol. The number of esters is 1. The van der Waals surface area contributed by atoms with Crippen LogP contribution in [0.15, 0.2) is 30.5 Å². The highest BCUT2D eigenvalue weighted by molar-refractivity contribution is 5.90. The molecule has 0 spiro atoms. The molecule has 0 unspecified atom stereocenters. The number of anilines is 1. The predicted octanol–water partition coefficient (Wildman–Crippen LogP) is 2.15. The second-order valence-corrected chi connectivity index (χ2v) is 3.85. The summed E-state index contributed by atoms with van der Waals surface area (Å²) in [5, 5.41) is 10.2. The van der Waals surface area contributed by atoms with Gasteiger partial charge in [-0.25, -0.2) is 13.6 Å². The van der Waals surface area contributed by atoms with Gasteiger partial charge in [-0.05, 0) is 24.3 Å². The first kappa shape index (κ1) is 13.9. The van der Waals surface area contributed by atoms with Crippen molar-refractivity contribution in [3.05, 3.63) is 53.4 Å². The first-order valence-corrected chi connectivity index (χ1v) is 5.70. The minimum atomic E-state index is -1.25. The summed E-state index contributed by atoms with van der Waals surface area (Å²) in [7, 11) is 1.10. The normalized spacial score (nSPS) is 10.2. The molecule has 104 valence electrons. The van der Waals surface area contributed by atoms with Crippen molar-refractivity contribution in [3.8, 4) is 0 Å². The summed E-state index contributed by atoms with van der Waals surface area (Å²) in [6.45, 7) is 0.182. The molecule has 20 heavy (non-hydrogen) atoms. The molecule has 0 aliphatic carbocycles. The molecule has 0 amide bonds. The van der Waals surface area contributed by atoms with Crippen molar-refractivity contribution in [1.82, 2.24) is 10.2 Å². The quantitative estimate of drug-likeness (QED) is 0.869. The molecule has 0 radical (unpaired) electrons. The fourth-order valence-electron chi connectivity index (χ4n) is 1.57. The molecular formula is C13H11F2N3O2. The highest BCUT2D eigenvalue weighted by atomic mass is 19.2. The lowest BCUT2D eigenvalue weighted by Gasteiger charge is -2.09. The van der Waals surface area contributed by atoms with Crippen LogP contribution >= 0.6 is 0 Å². The molecule has 0 saturated heterocycles. The zero-order valence-corrected chi connectivity index (χ0v) is 10.6. The maximum atomic E-state index is 13.8. The summed E-state index contributed by atoms with van der Waals surface area (Å²) in [6.07, 6.45) is 1.51. The van der Waals surface area contributed by atoms with Crippen LogP contribution in [0.3, 0.4) is 0 Å². The van der Waals surface area contributed by atoms with Crippen LogP contribution in [-0.4, -0.2) is 23.3 Å². The smallest absolute Gasteiger partial charge is 0.340 e. The molecule has 0 fully saturated rings. The molecule has 7 heteroatoms. The Balaban J connectivity index is 2.18. The third kappa shape index (κ3) is 2.87. The van der Waals surface area contributed by atoms with Crippen LogP contribution < -0.4 is 5.32 Å². The molecule has 0 aliphatic heterocycles. The minimum Gasteiger partial charge on any atom is -0.465 e. The van der Waals surface area contributed by atoms with E-state index in [1.807, 2.05) is 0 Å². The van der Waals surface area contributed by atoms with E-state index in [-0.39, 0.29) is 12.2 Å². The number of nitrogens with zero attached hydrogens (tertiary/aromatic N) is 2. The molecule has 0 atom stereocenters. The lowest BCUT2D eigenvalue weighted by Crippen LogP contribution is -2.09. The highest BCUT2D eigenvalue weighted by Crippen LogP contribution is 2.21. The number of hydrogen-bond acceptors (Lipinski definition) is 5. The summed E-state index contributed by atoms with van der Waals surface area (Å²) < 4.78 is 31.8. The standard InChI is InChI=1S/C13H11F2N3O2/c1-20-13(19)9-4-5-10(12(15)11(9)14)16-7-8-3-2-6-17-18-8/h2-6,16H,7H2,1H3. The van der Waals surface area contributed by atoms with Crippen LogP contribution in [-0.2, 0) is 11.3 Å². The summed E-state index contributed by atoms with van der Waals surface area (Å²) in [6, 6.07) is 5.79. The van der Waals surface area contributed by atoms with E-state index < -0.39 is 23.2 Å². The van der Waals surface area contributed by atoms with Crippen molar-refractivity contribution in [2.24, 2.45) is 0 Å². The van der Waals surface area contributed by atoms with Gasteiger partial charge in [0.15, 0.2) is 11.6 Å². The average Bonchev–Trinajstić information content (AvgIpc) is 2.49. The van der Waals surface area contributed by atoms with Gasteiger partial charge in [-0.3, -0.25) is 0 Å². The third-order valence-electron chi connectivity index (χ3n) is 2.58. The average molecular weight is 279 g/mol. The maximum Gasteiger partial charge on any atom is 0.340 e. The van der Waals surface area contributed by atoms with Crippen LogP contribution in [0.2, 0.25) is 0 Å². The number of carbonyl (C=O) groups excluding carboxylic acids is 1. The zero-order valence-electron chi connectivity index (χ0n) is 10.6. The summed E-state index contributed by atoms with van der Waals surface area (Å²) in [4.78, 5) is 11.2. The Kier molecular flexibility index (Phi) is 4.19. The highest BCUT2D eigenvalue weighted by Gasteiger charge is 2.18. The molecular weight excluding hydrogens is 268 g/mol. The van der Waals surface area contributed by atoms with E-state index in [1.54, 1.807) is 12.1 Å². The van der Waals surface area contributed by atoms with Gasteiger partial charge >= 0.3 is 5.97 Å². The topological polar surface area (TPSA) is 64.1 Å². The van der Waals surface area contributed by atoms with E-state index >= 15 is 0 Å². The third-order valence-corrected chi connectivity index (χ3v) is 2.58. The first-order valence-electron chi connectivity index (χ1n) is 5.70. The Morgan fingerprint density at radius 3 is 2.75 bits per heavy atom. The fraction of sp³-hybridized carbons (Fsp3) is 0.154. The number of nitrogens with one attached hydrogen (secondary N) is 1. The van der Waals surface area contributed by atoms with Crippen molar-refractivity contribution in [1.29, 1.82) is 0 Å². The second-order valence-electron chi connectivity index (χ2n) is 3.85. The van der Waals surface area contributed by atoms with Crippen molar-refractivity contribution >= 4 is 11.7 Å². The van der Waals surface area contributed by atoms with Crippen LogP contribution in [0, 0.1) is 11.6 Å². The van der Waals surface area contributed by atoms with Gasteiger partial charge in [0.2, 0.25) is 0 Å². The Morgan fingerprint density at radius 2 is 2.10 bits per heavy atom. The van der Waals surface area contributed by atoms with E-state index in [0.717, 1.165) is 13.2 Å². The van der Waals surface area contributed by atoms with E-state index in [0.29, 0.717) is 5.69 Å². The number of rotatable bonds is 4. The lowest BCUT2D eigenvalue weighted by molar-refractivity contribution is 0.0594. The SMILES string of the molecule is COC(=O)c1ccc(NCc2cccnn2)c(F)c1F. The molecule has 5 nitrogen and oxygen atoms in total. The van der Waals surface area contributed by atoms with Gasteiger partial charge in [-0.15, -0.1) is 0 Å². The lowest BCUT2D eigenvalue weighted by atomic mass is 10.1. The van der Waals surface area contributed by atoms with Gasteiger partial charge in [0.1, 0.15) is 0 Å². The van der Waals surface area contributed by atoms with Gasteiger partial charge in [0.05, 0.1) is 30.6 Å². The molecule has 2 aromatic rings. The molecule has 0 bridgehead atoms. The zero-order chi connectivity index (χ0) is 14.5. The Labute approximate surface area is 113 Å². The summed E-state index contributed by atoms with van der Waals surface area (Å²) >= 11 is 0. The van der Waals surface area contributed by atoms with Gasteiger partial charge in [0, 0.05) is 6.20 Å². The molecule has 2 rings (SSSR count). The van der Waals surface area contributed by atoms with Gasteiger partial charge < -0.3 is 10.1 Å². The van der Waals surface area contributed by atoms with Gasteiger partial charge in [-0.1, -0.05) is 0 Å². The van der Waals surface area contributed by atoms with Crippen LogP contribution in [0.5, 0.6) is 0 Å². The van der Waals surface area contributed by atoms with Crippen LogP contribution in [0.4, 0.5) is 14.5 Å². The number of aromatic nitrogens is 2. The van der Waals surface area contributed by atoms with Gasteiger partial charge in [-0.2, -0.15) is 10.2 Å². The van der Waals surface area contributed by atoms with Crippen LogP contribution in [0.1, 0.15) is 16.1 Å². The molecule has 1 N–H and O–H groups in total. The van der Waals surface area contributed by atoms with E-state index in [1.165, 1.54) is 12.3 Å². The van der Waals surface area contributed by atoms with Crippen molar-refractivity contribution in [2.45, 2.75) is 6.54 Å². The molecule has 1 heterocycles. The minimum absolute atomic E-state index is 0.0687. The summed E-state index contributed by atoms with van der Waals surface area (Å²) in [5.74, 6) is -3.32. The Bertz CT molecular complexity index is 621. The molecule has 1 aromatic heterocycles. The number of ether oxygens (including phenoxy) is 1.